The van der Waals surface area contributed by atoms with E-state index in [0.29, 0.717) is 30.3 Å². The van der Waals surface area contributed by atoms with Crippen molar-refractivity contribution in [3.05, 3.63) is 29.8 Å². The second-order valence-corrected chi connectivity index (χ2v) is 9.13. The quantitative estimate of drug-likeness (QED) is 0.688. The number of amides is 3. The molecule has 0 aromatic heterocycles. The van der Waals surface area contributed by atoms with E-state index in [1.807, 2.05) is 0 Å². The monoisotopic (exact) mass is 425 g/mol. The fourth-order valence-electron chi connectivity index (χ4n) is 5.26. The van der Waals surface area contributed by atoms with E-state index in [-0.39, 0.29) is 43.2 Å². The summed E-state index contributed by atoms with van der Waals surface area (Å²) in [5, 5.41) is 0. The van der Waals surface area contributed by atoms with Crippen molar-refractivity contribution in [3.8, 4) is 0 Å². The summed E-state index contributed by atoms with van der Waals surface area (Å²) in [5.74, 6) is -0.956. The maximum atomic E-state index is 13.5. The van der Waals surface area contributed by atoms with E-state index in [9.17, 15) is 19.2 Å². The van der Waals surface area contributed by atoms with Crippen molar-refractivity contribution in [1.82, 2.24) is 9.80 Å². The van der Waals surface area contributed by atoms with Crippen LogP contribution in [0.4, 0.5) is 5.69 Å². The first-order valence-corrected chi connectivity index (χ1v) is 11.1. The first kappa shape index (κ1) is 20.0. The van der Waals surface area contributed by atoms with Crippen LogP contribution in [0.3, 0.4) is 0 Å². The van der Waals surface area contributed by atoms with Crippen LogP contribution in [0.2, 0.25) is 0 Å². The molecule has 3 fully saturated rings. The zero-order valence-corrected chi connectivity index (χ0v) is 17.7. The second-order valence-electron chi connectivity index (χ2n) is 9.13. The SMILES string of the molecule is C[C@@H]1CCCN(C(=O)COC(=O)[C@]23CCC(=O)N2c2ccccc2C(=O)N3C2CC2)C1. The number of hydrogen-bond acceptors (Lipinski definition) is 5. The minimum absolute atomic E-state index is 0.0968. The number of ether oxygens (including phenoxy) is 1. The number of rotatable bonds is 4. The Bertz CT molecular complexity index is 958. The van der Waals surface area contributed by atoms with Crippen LogP contribution >= 0.6 is 0 Å². The number of carbonyl (C=O) groups excluding carboxylic acids is 4. The number of esters is 1. The summed E-state index contributed by atoms with van der Waals surface area (Å²) < 4.78 is 5.54. The molecule has 1 aromatic carbocycles. The number of hydrogen-bond donors (Lipinski definition) is 0. The second kappa shape index (κ2) is 7.35. The Morgan fingerprint density at radius 3 is 2.68 bits per heavy atom. The minimum atomic E-state index is -1.50. The van der Waals surface area contributed by atoms with Gasteiger partial charge in [-0.15, -0.1) is 0 Å². The van der Waals surface area contributed by atoms with Gasteiger partial charge in [-0.1, -0.05) is 19.1 Å². The molecule has 4 aliphatic rings. The smallest absolute Gasteiger partial charge is 0.354 e. The number of nitrogens with zero attached hydrogens (tertiary/aromatic N) is 3. The van der Waals surface area contributed by atoms with E-state index >= 15 is 0 Å². The normalized spacial score (nSPS) is 27.8. The van der Waals surface area contributed by atoms with Gasteiger partial charge in [-0.2, -0.15) is 0 Å². The number of anilines is 1. The fourth-order valence-corrected chi connectivity index (χ4v) is 5.26. The summed E-state index contributed by atoms with van der Waals surface area (Å²) in [7, 11) is 0. The van der Waals surface area contributed by atoms with Crippen molar-refractivity contribution >= 4 is 29.4 Å². The largest absolute Gasteiger partial charge is 0.452 e. The molecule has 3 amide bonds. The maximum Gasteiger partial charge on any atom is 0.354 e. The highest BCUT2D eigenvalue weighted by molar-refractivity contribution is 6.15. The topological polar surface area (TPSA) is 87.2 Å². The van der Waals surface area contributed by atoms with E-state index < -0.39 is 11.6 Å². The average molecular weight is 425 g/mol. The molecule has 8 heteroatoms. The van der Waals surface area contributed by atoms with Crippen LogP contribution in [-0.2, 0) is 19.1 Å². The van der Waals surface area contributed by atoms with Crippen molar-refractivity contribution < 1.29 is 23.9 Å². The molecule has 31 heavy (non-hydrogen) atoms. The van der Waals surface area contributed by atoms with Gasteiger partial charge in [0.15, 0.2) is 6.61 Å². The molecule has 3 heterocycles. The number of carbonyl (C=O) groups is 4. The first-order chi connectivity index (χ1) is 14.9. The van der Waals surface area contributed by atoms with Crippen molar-refractivity contribution in [1.29, 1.82) is 0 Å². The number of para-hydroxylation sites is 1. The van der Waals surface area contributed by atoms with Gasteiger partial charge in [-0.05, 0) is 43.7 Å². The highest BCUT2D eigenvalue weighted by Crippen LogP contribution is 2.49. The standard InChI is InChI=1S/C23H27N3O5/c1-15-5-4-12-24(13-15)20(28)14-31-22(30)23-11-10-19(27)26(23)18-7-3-2-6-17(18)21(29)25(23)16-8-9-16/h2-3,6-7,15-16H,4-5,8-14H2,1H3/t15-,23+/m1/s1. The van der Waals surface area contributed by atoms with E-state index in [0.717, 1.165) is 25.7 Å². The Labute approximate surface area is 181 Å². The lowest BCUT2D eigenvalue weighted by molar-refractivity contribution is -0.162. The Balaban J connectivity index is 1.44. The highest BCUT2D eigenvalue weighted by atomic mass is 16.5. The molecule has 0 unspecified atom stereocenters. The van der Waals surface area contributed by atoms with Crippen LogP contribution in [0.5, 0.6) is 0 Å². The van der Waals surface area contributed by atoms with Crippen LogP contribution in [-0.4, -0.2) is 64.9 Å². The number of piperidine rings is 1. The molecule has 1 saturated carbocycles. The zero-order valence-electron chi connectivity index (χ0n) is 17.7. The Morgan fingerprint density at radius 2 is 1.94 bits per heavy atom. The summed E-state index contributed by atoms with van der Waals surface area (Å²) in [6, 6.07) is 6.80. The Kier molecular flexibility index (Phi) is 4.75. The van der Waals surface area contributed by atoms with Gasteiger partial charge >= 0.3 is 5.97 Å². The van der Waals surface area contributed by atoms with Crippen molar-refractivity contribution in [2.24, 2.45) is 5.92 Å². The zero-order chi connectivity index (χ0) is 21.8. The molecule has 164 valence electrons. The van der Waals surface area contributed by atoms with E-state index in [2.05, 4.69) is 6.92 Å². The summed E-state index contributed by atoms with van der Waals surface area (Å²) in [6.45, 7) is 3.05. The van der Waals surface area contributed by atoms with Crippen LogP contribution in [0, 0.1) is 5.92 Å². The Morgan fingerprint density at radius 1 is 1.16 bits per heavy atom. The third kappa shape index (κ3) is 3.11. The molecule has 0 radical (unpaired) electrons. The number of benzene rings is 1. The predicted octanol–water partition coefficient (Wildman–Crippen LogP) is 1.93. The molecule has 0 spiro atoms. The molecule has 2 atom stereocenters. The molecule has 0 N–H and O–H groups in total. The molecule has 1 aliphatic carbocycles. The molecule has 8 nitrogen and oxygen atoms in total. The molecule has 3 aliphatic heterocycles. The van der Waals surface area contributed by atoms with Crippen molar-refractivity contribution in [2.45, 2.75) is 57.2 Å². The fraction of sp³-hybridized carbons (Fsp3) is 0.565. The van der Waals surface area contributed by atoms with Crippen LogP contribution in [0.25, 0.3) is 0 Å². The lowest BCUT2D eigenvalue weighted by atomic mass is 9.96. The van der Waals surface area contributed by atoms with Crippen molar-refractivity contribution in [3.63, 3.8) is 0 Å². The summed E-state index contributed by atoms with van der Waals surface area (Å²) in [6.07, 6.45) is 3.92. The predicted molar refractivity (Wildman–Crippen MR) is 111 cm³/mol. The first-order valence-electron chi connectivity index (χ1n) is 11.1. The lowest BCUT2D eigenvalue weighted by Crippen LogP contribution is -2.69. The third-order valence-electron chi connectivity index (χ3n) is 6.87. The molecule has 5 rings (SSSR count). The maximum absolute atomic E-state index is 13.5. The summed E-state index contributed by atoms with van der Waals surface area (Å²) >= 11 is 0. The lowest BCUT2D eigenvalue weighted by Gasteiger charge is -2.48. The molecular weight excluding hydrogens is 398 g/mol. The van der Waals surface area contributed by atoms with Crippen molar-refractivity contribution in [2.75, 3.05) is 24.6 Å². The number of likely N-dealkylation sites (tertiary alicyclic amines) is 1. The van der Waals surface area contributed by atoms with Gasteiger partial charge in [0, 0.05) is 32.0 Å². The van der Waals surface area contributed by atoms with Gasteiger partial charge in [0.2, 0.25) is 11.6 Å². The van der Waals surface area contributed by atoms with Gasteiger partial charge in [0.25, 0.3) is 11.8 Å². The minimum Gasteiger partial charge on any atom is -0.452 e. The van der Waals surface area contributed by atoms with Gasteiger partial charge in [0.05, 0.1) is 11.3 Å². The average Bonchev–Trinajstić information content (AvgIpc) is 3.54. The molecule has 2 saturated heterocycles. The van der Waals surface area contributed by atoms with Crippen LogP contribution in [0.15, 0.2) is 24.3 Å². The van der Waals surface area contributed by atoms with E-state index in [1.165, 1.54) is 4.90 Å². The Hall–Kier alpha value is -2.90. The highest BCUT2D eigenvalue weighted by Gasteiger charge is 2.64. The van der Waals surface area contributed by atoms with Gasteiger partial charge in [0.1, 0.15) is 0 Å². The van der Waals surface area contributed by atoms with Gasteiger partial charge < -0.3 is 14.5 Å². The van der Waals surface area contributed by atoms with Gasteiger partial charge in [-0.3, -0.25) is 19.3 Å². The number of fused-ring (bicyclic) bond motifs is 3. The van der Waals surface area contributed by atoms with E-state index in [1.54, 1.807) is 34.1 Å². The van der Waals surface area contributed by atoms with Crippen LogP contribution < -0.4 is 4.90 Å². The summed E-state index contributed by atoms with van der Waals surface area (Å²) in [4.78, 5) is 57.2. The summed E-state index contributed by atoms with van der Waals surface area (Å²) in [5.41, 5.74) is -0.634. The van der Waals surface area contributed by atoms with Crippen LogP contribution in [0.1, 0.15) is 55.8 Å². The molecule has 0 bridgehead atoms. The van der Waals surface area contributed by atoms with E-state index in [4.69, 9.17) is 4.74 Å². The van der Waals surface area contributed by atoms with Gasteiger partial charge in [-0.25, -0.2) is 4.79 Å². The molecule has 1 aromatic rings. The molecular formula is C23H27N3O5. The third-order valence-corrected chi connectivity index (χ3v) is 6.87.